The number of hydrogen-bond acceptors (Lipinski definition) is 2. The fraction of sp³-hybridized carbons (Fsp3) is 0.600. The molecule has 1 N–H and O–H groups in total. The molecule has 1 fully saturated rings. The lowest BCUT2D eigenvalue weighted by molar-refractivity contribution is -0.117. The van der Waals surface area contributed by atoms with Crippen LogP contribution in [0.3, 0.4) is 0 Å². The molecule has 1 saturated heterocycles. The number of rotatable bonds is 3. The predicted molar refractivity (Wildman–Crippen MR) is 54.2 cm³/mol. The quantitative estimate of drug-likeness (QED) is 0.790. The topological polar surface area (TPSA) is 49.0 Å². The molecule has 0 radical (unpaired) electrons. The minimum Gasteiger partial charge on any atom is -0.329 e. The summed E-state index contributed by atoms with van der Waals surface area (Å²) in [7, 11) is 0. The van der Waals surface area contributed by atoms with Gasteiger partial charge in [-0.05, 0) is 12.8 Å². The smallest absolute Gasteiger partial charge is 0.228 e. The lowest BCUT2D eigenvalue weighted by Crippen LogP contribution is -2.23. The van der Waals surface area contributed by atoms with Crippen LogP contribution in [0.5, 0.6) is 0 Å². The van der Waals surface area contributed by atoms with Crippen LogP contribution < -0.4 is 4.90 Å². The summed E-state index contributed by atoms with van der Waals surface area (Å²) in [6.07, 6.45) is 5.40. The van der Waals surface area contributed by atoms with Gasteiger partial charge in [0.05, 0.1) is 6.20 Å². The zero-order valence-electron chi connectivity index (χ0n) is 8.42. The molecule has 0 aromatic carbocycles. The molecule has 1 aliphatic rings. The van der Waals surface area contributed by atoms with Gasteiger partial charge in [-0.15, -0.1) is 0 Å². The van der Waals surface area contributed by atoms with Crippen molar-refractivity contribution in [1.29, 1.82) is 0 Å². The second-order valence-electron chi connectivity index (χ2n) is 3.61. The summed E-state index contributed by atoms with van der Waals surface area (Å²) in [4.78, 5) is 20.6. The molecule has 0 bridgehead atoms. The van der Waals surface area contributed by atoms with Crippen LogP contribution in [0.1, 0.15) is 32.0 Å². The van der Waals surface area contributed by atoms with Crippen molar-refractivity contribution in [3.05, 3.63) is 12.0 Å². The first kappa shape index (κ1) is 9.24. The average molecular weight is 193 g/mol. The minimum atomic E-state index is 0.205. The Bertz CT molecular complexity index is 332. The Morgan fingerprint density at radius 3 is 3.14 bits per heavy atom. The van der Waals surface area contributed by atoms with Crippen molar-refractivity contribution in [3.63, 3.8) is 0 Å². The van der Waals surface area contributed by atoms with E-state index in [0.29, 0.717) is 6.42 Å². The molecule has 76 valence electrons. The van der Waals surface area contributed by atoms with Gasteiger partial charge in [-0.3, -0.25) is 9.69 Å². The predicted octanol–water partition coefficient (Wildman–Crippen LogP) is 1.49. The molecule has 1 amide bonds. The normalized spacial score (nSPS) is 16.6. The van der Waals surface area contributed by atoms with Crippen molar-refractivity contribution in [3.8, 4) is 0 Å². The van der Waals surface area contributed by atoms with Crippen molar-refractivity contribution in [2.45, 2.75) is 32.6 Å². The number of nitrogens with one attached hydrogen (secondary N) is 1. The Labute approximate surface area is 83.3 Å². The molecule has 2 rings (SSSR count). The molecule has 14 heavy (non-hydrogen) atoms. The number of hydrogen-bond donors (Lipinski definition) is 1. The summed E-state index contributed by atoms with van der Waals surface area (Å²) in [5.74, 6) is 2.04. The number of carbonyl (C=O) groups is 1. The number of imidazole rings is 1. The van der Waals surface area contributed by atoms with Crippen LogP contribution >= 0.6 is 0 Å². The van der Waals surface area contributed by atoms with Crippen molar-refractivity contribution in [1.82, 2.24) is 9.97 Å². The van der Waals surface area contributed by atoms with E-state index in [2.05, 4.69) is 16.9 Å². The van der Waals surface area contributed by atoms with E-state index in [1.54, 1.807) is 11.1 Å². The number of nitrogens with zero attached hydrogens (tertiary/aromatic N) is 2. The lowest BCUT2D eigenvalue weighted by atomic mass is 10.3. The van der Waals surface area contributed by atoms with Gasteiger partial charge in [-0.25, -0.2) is 4.98 Å². The number of aryl methyl sites for hydroxylation is 1. The standard InChI is InChI=1S/C10H15N3O/c1-2-4-8-11-7-9(12-8)13-6-3-5-10(13)14/h7H,2-6H2,1H3,(H,11,12). The minimum absolute atomic E-state index is 0.205. The highest BCUT2D eigenvalue weighted by molar-refractivity contribution is 5.94. The molecule has 0 saturated carbocycles. The Hall–Kier alpha value is -1.32. The van der Waals surface area contributed by atoms with Gasteiger partial charge in [0.1, 0.15) is 11.6 Å². The summed E-state index contributed by atoms with van der Waals surface area (Å²) in [5.41, 5.74) is 0. The highest BCUT2D eigenvalue weighted by atomic mass is 16.2. The van der Waals surface area contributed by atoms with Crippen LogP contribution in [0.4, 0.5) is 5.82 Å². The first-order valence-corrected chi connectivity index (χ1v) is 5.15. The third kappa shape index (κ3) is 1.64. The average Bonchev–Trinajstić information content (AvgIpc) is 2.74. The molecule has 1 aromatic rings. The maximum Gasteiger partial charge on any atom is 0.228 e. The first-order chi connectivity index (χ1) is 6.81. The molecule has 0 unspecified atom stereocenters. The summed E-state index contributed by atoms with van der Waals surface area (Å²) in [6, 6.07) is 0. The number of amides is 1. The summed E-state index contributed by atoms with van der Waals surface area (Å²) >= 11 is 0. The molecular formula is C10H15N3O. The Balaban J connectivity index is 2.12. The Morgan fingerprint density at radius 1 is 1.64 bits per heavy atom. The van der Waals surface area contributed by atoms with Gasteiger partial charge in [0, 0.05) is 19.4 Å². The molecule has 2 heterocycles. The van der Waals surface area contributed by atoms with Gasteiger partial charge >= 0.3 is 0 Å². The van der Waals surface area contributed by atoms with E-state index in [4.69, 9.17) is 0 Å². The fourth-order valence-electron chi connectivity index (χ4n) is 1.76. The molecule has 1 aliphatic heterocycles. The number of anilines is 1. The van der Waals surface area contributed by atoms with E-state index in [1.807, 2.05) is 0 Å². The van der Waals surface area contributed by atoms with Crippen molar-refractivity contribution >= 4 is 11.7 Å². The van der Waals surface area contributed by atoms with E-state index in [-0.39, 0.29) is 5.91 Å². The largest absolute Gasteiger partial charge is 0.329 e. The van der Waals surface area contributed by atoms with Gasteiger partial charge in [0.25, 0.3) is 0 Å². The highest BCUT2D eigenvalue weighted by Crippen LogP contribution is 2.18. The van der Waals surface area contributed by atoms with Crippen LogP contribution in [0.25, 0.3) is 0 Å². The summed E-state index contributed by atoms with van der Waals surface area (Å²) in [5, 5.41) is 0. The van der Waals surface area contributed by atoms with E-state index in [0.717, 1.165) is 37.4 Å². The third-order valence-electron chi connectivity index (χ3n) is 2.47. The number of aromatic amines is 1. The monoisotopic (exact) mass is 193 g/mol. The number of H-pyrrole nitrogens is 1. The molecular weight excluding hydrogens is 178 g/mol. The summed E-state index contributed by atoms with van der Waals surface area (Å²) < 4.78 is 0. The van der Waals surface area contributed by atoms with Gasteiger partial charge < -0.3 is 4.98 Å². The maximum atomic E-state index is 11.4. The molecule has 4 nitrogen and oxygen atoms in total. The number of carbonyl (C=O) groups excluding carboxylic acids is 1. The fourth-order valence-corrected chi connectivity index (χ4v) is 1.76. The highest BCUT2D eigenvalue weighted by Gasteiger charge is 2.22. The summed E-state index contributed by atoms with van der Waals surface area (Å²) in [6.45, 7) is 2.94. The van der Waals surface area contributed by atoms with E-state index >= 15 is 0 Å². The van der Waals surface area contributed by atoms with Crippen molar-refractivity contribution in [2.75, 3.05) is 11.4 Å². The Morgan fingerprint density at radius 2 is 2.50 bits per heavy atom. The van der Waals surface area contributed by atoms with Gasteiger partial charge in [-0.1, -0.05) is 6.92 Å². The van der Waals surface area contributed by atoms with Gasteiger partial charge in [0.2, 0.25) is 5.91 Å². The second-order valence-corrected chi connectivity index (χ2v) is 3.61. The van der Waals surface area contributed by atoms with E-state index < -0.39 is 0 Å². The molecule has 0 atom stereocenters. The molecule has 1 aromatic heterocycles. The van der Waals surface area contributed by atoms with Crippen LogP contribution in [0.2, 0.25) is 0 Å². The van der Waals surface area contributed by atoms with Gasteiger partial charge in [0.15, 0.2) is 0 Å². The number of aromatic nitrogens is 2. The Kier molecular flexibility index (Phi) is 2.52. The SMILES string of the molecule is CCCc1ncc(N2CCCC2=O)[nH]1. The van der Waals surface area contributed by atoms with E-state index in [9.17, 15) is 4.79 Å². The molecule has 0 spiro atoms. The first-order valence-electron chi connectivity index (χ1n) is 5.15. The lowest BCUT2D eigenvalue weighted by Gasteiger charge is -2.11. The third-order valence-corrected chi connectivity index (χ3v) is 2.47. The van der Waals surface area contributed by atoms with Gasteiger partial charge in [-0.2, -0.15) is 0 Å². The molecule has 0 aliphatic carbocycles. The second kappa shape index (κ2) is 3.82. The maximum absolute atomic E-state index is 11.4. The van der Waals surface area contributed by atoms with Crippen LogP contribution in [0, 0.1) is 0 Å². The molecule has 4 heteroatoms. The zero-order chi connectivity index (χ0) is 9.97. The van der Waals surface area contributed by atoms with E-state index in [1.165, 1.54) is 0 Å². The van der Waals surface area contributed by atoms with Crippen molar-refractivity contribution < 1.29 is 4.79 Å². The van der Waals surface area contributed by atoms with Crippen LogP contribution in [0.15, 0.2) is 6.20 Å². The van der Waals surface area contributed by atoms with Crippen LogP contribution in [-0.4, -0.2) is 22.4 Å². The van der Waals surface area contributed by atoms with Crippen molar-refractivity contribution in [2.24, 2.45) is 0 Å². The van der Waals surface area contributed by atoms with Crippen LogP contribution in [-0.2, 0) is 11.2 Å². The zero-order valence-corrected chi connectivity index (χ0v) is 8.42.